The average molecular weight is 538 g/mol. The maximum atomic E-state index is 11.8. The van der Waals surface area contributed by atoms with E-state index in [1.54, 1.807) is 0 Å². The summed E-state index contributed by atoms with van der Waals surface area (Å²) in [6.45, 7) is 0. The number of hydrogen-bond acceptors (Lipinski definition) is 9. The largest absolute Gasteiger partial charge is 0.398 e. The average Bonchev–Trinajstić information content (AvgIpc) is 2.75. The third-order valence-electron chi connectivity index (χ3n) is 5.02. The van der Waals surface area contributed by atoms with Crippen molar-refractivity contribution in [3.8, 4) is 0 Å². The second-order valence-electron chi connectivity index (χ2n) is 7.33. The van der Waals surface area contributed by atoms with Crippen molar-refractivity contribution in [2.75, 3.05) is 5.73 Å². The van der Waals surface area contributed by atoms with Crippen LogP contribution in [0.3, 0.4) is 0 Å². The van der Waals surface area contributed by atoms with Gasteiger partial charge >= 0.3 is 0 Å². The molecule has 0 radical (unpaired) electrons. The van der Waals surface area contributed by atoms with Crippen molar-refractivity contribution in [2.45, 2.75) is 14.7 Å². The van der Waals surface area contributed by atoms with Crippen LogP contribution in [0.1, 0.15) is 0 Å². The lowest BCUT2D eigenvalue weighted by atomic mass is 10.1. The minimum atomic E-state index is -4.88. The lowest BCUT2D eigenvalue weighted by Crippen LogP contribution is -2.04. The SMILES string of the molecule is Nc1ccc(N=Nc2ccc3cc(S(=O)(=O)O)cc(S(=O)(=O)O)c3c2)c2ccc(S(=O)(=O)O)cc12. The van der Waals surface area contributed by atoms with E-state index in [0.717, 1.165) is 12.1 Å². The highest BCUT2D eigenvalue weighted by Gasteiger charge is 2.20. The number of nitrogens with two attached hydrogens (primary N) is 1. The Morgan fingerprint density at radius 3 is 1.91 bits per heavy atom. The number of nitrogens with zero attached hydrogens (tertiary/aromatic N) is 2. The zero-order chi connectivity index (χ0) is 25.8. The Labute approximate surface area is 199 Å². The summed E-state index contributed by atoms with van der Waals surface area (Å²) < 4.78 is 97.6. The highest BCUT2D eigenvalue weighted by molar-refractivity contribution is 7.87. The Balaban J connectivity index is 1.85. The summed E-state index contributed by atoms with van der Waals surface area (Å²) in [6.07, 6.45) is 0. The van der Waals surface area contributed by atoms with Gasteiger partial charge < -0.3 is 5.73 Å². The molecule has 0 aromatic heterocycles. The van der Waals surface area contributed by atoms with Crippen LogP contribution in [0.5, 0.6) is 0 Å². The number of benzene rings is 4. The Kier molecular flexibility index (Phi) is 5.87. The van der Waals surface area contributed by atoms with Gasteiger partial charge in [0.05, 0.1) is 21.2 Å². The van der Waals surface area contributed by atoms with Crippen LogP contribution >= 0.6 is 0 Å². The second kappa shape index (κ2) is 8.33. The molecule has 35 heavy (non-hydrogen) atoms. The molecule has 15 heteroatoms. The molecule has 12 nitrogen and oxygen atoms in total. The molecule has 0 saturated heterocycles. The van der Waals surface area contributed by atoms with Crippen LogP contribution in [0, 0.1) is 0 Å². The van der Waals surface area contributed by atoms with E-state index in [-0.39, 0.29) is 32.7 Å². The third kappa shape index (κ3) is 5.00. The number of azo groups is 1. The zero-order valence-corrected chi connectivity index (χ0v) is 19.7. The first-order valence-electron chi connectivity index (χ1n) is 9.39. The molecule has 0 aliphatic heterocycles. The van der Waals surface area contributed by atoms with Gasteiger partial charge in [-0.2, -0.15) is 30.4 Å². The summed E-state index contributed by atoms with van der Waals surface area (Å²) >= 11 is 0. The Bertz CT molecular complexity index is 1880. The van der Waals surface area contributed by atoms with Gasteiger partial charge in [-0.3, -0.25) is 13.7 Å². The van der Waals surface area contributed by atoms with E-state index in [0.29, 0.717) is 16.8 Å². The number of fused-ring (bicyclic) bond motifs is 2. The first kappa shape index (κ1) is 24.6. The molecule has 4 rings (SSSR count). The van der Waals surface area contributed by atoms with Gasteiger partial charge in [-0.25, -0.2) is 0 Å². The summed E-state index contributed by atoms with van der Waals surface area (Å²) in [4.78, 5) is -1.83. The fourth-order valence-electron chi connectivity index (χ4n) is 3.40. The number of rotatable bonds is 5. The molecule has 0 amide bonds. The van der Waals surface area contributed by atoms with E-state index >= 15 is 0 Å². The summed E-state index contributed by atoms with van der Waals surface area (Å²) in [6, 6.07) is 12.3. The summed E-state index contributed by atoms with van der Waals surface area (Å²) in [5, 5.41) is 8.87. The molecule has 4 aromatic carbocycles. The van der Waals surface area contributed by atoms with Crippen LogP contribution in [-0.2, 0) is 30.4 Å². The third-order valence-corrected chi connectivity index (χ3v) is 7.59. The van der Waals surface area contributed by atoms with Gasteiger partial charge in [0.25, 0.3) is 30.4 Å². The molecular weight excluding hydrogens is 522 g/mol. The Hall–Kier alpha value is -3.47. The first-order chi connectivity index (χ1) is 16.1. The molecule has 0 unspecified atom stereocenters. The summed E-state index contributed by atoms with van der Waals surface area (Å²) in [5.74, 6) is 0. The molecule has 0 saturated carbocycles. The van der Waals surface area contributed by atoms with Gasteiger partial charge in [0.2, 0.25) is 0 Å². The second-order valence-corrected chi connectivity index (χ2v) is 11.6. The summed E-state index contributed by atoms with van der Waals surface area (Å²) in [5.41, 5.74) is 6.54. The van der Waals surface area contributed by atoms with Crippen LogP contribution in [-0.4, -0.2) is 38.9 Å². The van der Waals surface area contributed by atoms with Crippen molar-refractivity contribution in [2.24, 2.45) is 10.2 Å². The van der Waals surface area contributed by atoms with E-state index in [1.807, 2.05) is 0 Å². The van der Waals surface area contributed by atoms with Gasteiger partial charge in [-0.15, -0.1) is 5.11 Å². The van der Waals surface area contributed by atoms with Gasteiger partial charge in [-0.05, 0) is 53.9 Å². The quantitative estimate of drug-likeness (QED) is 0.164. The van der Waals surface area contributed by atoms with Crippen LogP contribution in [0.25, 0.3) is 21.5 Å². The highest BCUT2D eigenvalue weighted by atomic mass is 32.2. The number of nitrogen functional groups attached to an aromatic ring is 1. The molecule has 5 N–H and O–H groups in total. The molecule has 0 heterocycles. The fourth-order valence-corrected chi connectivity index (χ4v) is 5.26. The smallest absolute Gasteiger partial charge is 0.295 e. The van der Waals surface area contributed by atoms with Crippen LogP contribution < -0.4 is 5.73 Å². The minimum absolute atomic E-state index is 0.0729. The van der Waals surface area contributed by atoms with Crippen LogP contribution in [0.2, 0.25) is 0 Å². The number of anilines is 1. The molecule has 0 spiro atoms. The van der Waals surface area contributed by atoms with Crippen molar-refractivity contribution in [3.63, 3.8) is 0 Å². The Morgan fingerprint density at radius 1 is 0.600 bits per heavy atom. The van der Waals surface area contributed by atoms with E-state index in [9.17, 15) is 38.9 Å². The van der Waals surface area contributed by atoms with E-state index < -0.39 is 40.1 Å². The molecule has 0 atom stereocenters. The molecule has 0 aliphatic carbocycles. The predicted molar refractivity (Wildman–Crippen MR) is 126 cm³/mol. The van der Waals surface area contributed by atoms with Gasteiger partial charge in [0.15, 0.2) is 0 Å². The predicted octanol–water partition coefficient (Wildman–Crippen LogP) is 3.73. The molecule has 0 aliphatic rings. The monoisotopic (exact) mass is 537 g/mol. The van der Waals surface area contributed by atoms with Crippen molar-refractivity contribution >= 4 is 69.0 Å². The Morgan fingerprint density at radius 2 is 1.29 bits per heavy atom. The van der Waals surface area contributed by atoms with E-state index in [1.165, 1.54) is 42.5 Å². The lowest BCUT2D eigenvalue weighted by molar-refractivity contribution is 0.479. The number of hydrogen-bond donors (Lipinski definition) is 4. The fraction of sp³-hybridized carbons (Fsp3) is 0. The maximum Gasteiger partial charge on any atom is 0.295 e. The topological polar surface area (TPSA) is 214 Å². The molecular formula is C20H15N3O9S3. The first-order valence-corrected chi connectivity index (χ1v) is 13.7. The van der Waals surface area contributed by atoms with Crippen molar-refractivity contribution < 1.29 is 38.9 Å². The molecule has 4 aromatic rings. The van der Waals surface area contributed by atoms with E-state index in [4.69, 9.17) is 5.73 Å². The molecule has 0 fully saturated rings. The van der Waals surface area contributed by atoms with Gasteiger partial charge in [0, 0.05) is 21.8 Å². The molecule has 0 bridgehead atoms. The van der Waals surface area contributed by atoms with Gasteiger partial charge in [0.1, 0.15) is 4.90 Å². The lowest BCUT2D eigenvalue weighted by Gasteiger charge is -2.08. The molecule has 182 valence electrons. The summed E-state index contributed by atoms with van der Waals surface area (Å²) in [7, 11) is -14.1. The van der Waals surface area contributed by atoms with Crippen LogP contribution in [0.4, 0.5) is 17.1 Å². The van der Waals surface area contributed by atoms with E-state index in [2.05, 4.69) is 10.2 Å². The normalized spacial score (nSPS) is 13.1. The van der Waals surface area contributed by atoms with Crippen molar-refractivity contribution in [1.29, 1.82) is 0 Å². The van der Waals surface area contributed by atoms with Gasteiger partial charge in [-0.1, -0.05) is 12.1 Å². The zero-order valence-electron chi connectivity index (χ0n) is 17.3. The van der Waals surface area contributed by atoms with Crippen molar-refractivity contribution in [3.05, 3.63) is 60.7 Å². The minimum Gasteiger partial charge on any atom is -0.398 e. The standard InChI is InChI=1S/C20H15N3O9S3/c21-18-5-6-19(15-4-3-13(9-17(15)18)33(24,25)26)23-22-12-2-1-11-7-14(34(27,28)29)10-20(16(11)8-12)35(30,31)32/h1-10H,21H2,(H,24,25,26)(H,27,28,29)(H,30,31,32). The maximum absolute atomic E-state index is 11.8. The highest BCUT2D eigenvalue weighted by Crippen LogP contribution is 2.35. The van der Waals surface area contributed by atoms with Crippen LogP contribution in [0.15, 0.2) is 85.6 Å². The van der Waals surface area contributed by atoms with Crippen molar-refractivity contribution in [1.82, 2.24) is 0 Å².